The zero-order valence-corrected chi connectivity index (χ0v) is 20.9. The fraction of sp³-hybridized carbons (Fsp3) is 0.462. The van der Waals surface area contributed by atoms with Crippen molar-refractivity contribution < 1.29 is 51.2 Å². The highest BCUT2D eigenvalue weighted by atomic mass is 19.4. The molecule has 2 aromatic rings. The van der Waals surface area contributed by atoms with Crippen molar-refractivity contribution in [2.24, 2.45) is 0 Å². The Kier molecular flexibility index (Phi) is 12.6. The molecule has 0 aliphatic carbocycles. The predicted octanol–water partition coefficient (Wildman–Crippen LogP) is 5.10. The van der Waals surface area contributed by atoms with Crippen LogP contribution in [0.2, 0.25) is 0 Å². The number of halogens is 4. The highest BCUT2D eigenvalue weighted by molar-refractivity contribution is 5.72. The fourth-order valence-electron chi connectivity index (χ4n) is 3.28. The van der Waals surface area contributed by atoms with Crippen molar-refractivity contribution in [3.63, 3.8) is 0 Å². The van der Waals surface area contributed by atoms with Gasteiger partial charge in [0.15, 0.2) is 12.7 Å². The first-order chi connectivity index (χ1) is 18.1. The minimum absolute atomic E-state index is 0.0107. The Labute approximate surface area is 218 Å². The molecule has 1 amide bonds. The minimum Gasteiger partial charge on any atom is -0.494 e. The second kappa shape index (κ2) is 15.7. The van der Waals surface area contributed by atoms with Gasteiger partial charge in [-0.05, 0) is 61.7 Å². The van der Waals surface area contributed by atoms with Gasteiger partial charge in [0.2, 0.25) is 0 Å². The van der Waals surface area contributed by atoms with Crippen LogP contribution in [0.15, 0.2) is 48.5 Å². The molecule has 0 aliphatic rings. The molecule has 2 aromatic carbocycles. The highest BCUT2D eigenvalue weighted by Gasteiger charge is 2.30. The van der Waals surface area contributed by atoms with E-state index >= 15 is 0 Å². The number of unbranched alkanes of at least 4 members (excludes halogenated alkanes) is 1. The lowest BCUT2D eigenvalue weighted by atomic mass is 10.1. The summed E-state index contributed by atoms with van der Waals surface area (Å²) in [5, 5.41) is 9.19. The molecule has 210 valence electrons. The Bertz CT molecular complexity index is 985. The number of hydrogen-bond donors (Lipinski definition) is 1. The van der Waals surface area contributed by atoms with Gasteiger partial charge in [-0.3, -0.25) is 0 Å². The number of ether oxygens (including phenoxy) is 4. The summed E-state index contributed by atoms with van der Waals surface area (Å²) < 4.78 is 71.1. The van der Waals surface area contributed by atoms with E-state index < -0.39 is 36.8 Å². The van der Waals surface area contributed by atoms with Crippen LogP contribution < -0.4 is 9.47 Å². The van der Waals surface area contributed by atoms with E-state index in [0.29, 0.717) is 24.3 Å². The van der Waals surface area contributed by atoms with Crippen molar-refractivity contribution in [1.82, 2.24) is 4.90 Å². The summed E-state index contributed by atoms with van der Waals surface area (Å²) in [6.45, 7) is 0.618. The molecular weight excluding hydrogens is 514 g/mol. The summed E-state index contributed by atoms with van der Waals surface area (Å²) >= 11 is 0. The van der Waals surface area contributed by atoms with Crippen LogP contribution in [0.5, 0.6) is 11.5 Å². The third-order valence-corrected chi connectivity index (χ3v) is 5.14. The van der Waals surface area contributed by atoms with Crippen LogP contribution in [0.1, 0.15) is 25.3 Å². The molecule has 0 bridgehead atoms. The van der Waals surface area contributed by atoms with E-state index in [1.165, 1.54) is 24.3 Å². The van der Waals surface area contributed by atoms with Crippen LogP contribution in [0, 0.1) is 5.82 Å². The Morgan fingerprint density at radius 3 is 2.11 bits per heavy atom. The third-order valence-electron chi connectivity index (χ3n) is 5.14. The van der Waals surface area contributed by atoms with Crippen molar-refractivity contribution in [2.45, 2.75) is 38.5 Å². The second-order valence-corrected chi connectivity index (χ2v) is 8.15. The second-order valence-electron chi connectivity index (χ2n) is 8.15. The Balaban J connectivity index is 1.83. The highest BCUT2D eigenvalue weighted by Crippen LogP contribution is 2.17. The number of nitrogens with zero attached hydrogens (tertiary/aromatic N) is 1. The van der Waals surface area contributed by atoms with Gasteiger partial charge >= 0.3 is 18.2 Å². The predicted molar refractivity (Wildman–Crippen MR) is 129 cm³/mol. The largest absolute Gasteiger partial charge is 0.494 e. The minimum atomic E-state index is -4.65. The Morgan fingerprint density at radius 2 is 1.53 bits per heavy atom. The van der Waals surface area contributed by atoms with E-state index in [2.05, 4.69) is 4.74 Å². The van der Waals surface area contributed by atoms with Crippen molar-refractivity contribution in [2.75, 3.05) is 39.5 Å². The van der Waals surface area contributed by atoms with Gasteiger partial charge in [0.05, 0.1) is 13.2 Å². The quantitative estimate of drug-likeness (QED) is 0.232. The van der Waals surface area contributed by atoms with Crippen LogP contribution in [-0.4, -0.2) is 73.9 Å². The maximum atomic E-state index is 12.9. The lowest BCUT2D eigenvalue weighted by molar-refractivity contribution is -0.162. The van der Waals surface area contributed by atoms with Gasteiger partial charge in [-0.2, -0.15) is 13.2 Å². The molecule has 1 atom stereocenters. The van der Waals surface area contributed by atoms with Crippen molar-refractivity contribution >= 4 is 12.1 Å². The van der Waals surface area contributed by atoms with Crippen molar-refractivity contribution in [1.29, 1.82) is 0 Å². The summed E-state index contributed by atoms with van der Waals surface area (Å²) in [5.41, 5.74) is 0.721. The van der Waals surface area contributed by atoms with E-state index in [4.69, 9.17) is 14.2 Å². The first-order valence-corrected chi connectivity index (χ1v) is 12.0. The molecule has 1 N–H and O–H groups in total. The Hall–Kier alpha value is -3.54. The van der Waals surface area contributed by atoms with Crippen LogP contribution in [0.25, 0.3) is 0 Å². The zero-order valence-electron chi connectivity index (χ0n) is 20.9. The van der Waals surface area contributed by atoms with E-state index in [1.54, 1.807) is 31.2 Å². The number of carbonyl (C=O) groups is 2. The van der Waals surface area contributed by atoms with Gasteiger partial charge in [-0.15, -0.1) is 0 Å². The molecule has 0 fully saturated rings. The summed E-state index contributed by atoms with van der Waals surface area (Å²) in [7, 11) is 0. The van der Waals surface area contributed by atoms with Crippen LogP contribution >= 0.6 is 0 Å². The molecule has 38 heavy (non-hydrogen) atoms. The monoisotopic (exact) mass is 545 g/mol. The topological polar surface area (TPSA) is 94.5 Å². The SMILES string of the molecule is CCOC(Cc1ccc(OCCN(CCCCOc2ccc(F)cc2)C(=O)OCC(F)(F)F)cc1)C(=O)O. The van der Waals surface area contributed by atoms with Crippen molar-refractivity contribution in [3.05, 3.63) is 59.9 Å². The van der Waals surface area contributed by atoms with E-state index in [1.807, 2.05) is 0 Å². The Morgan fingerprint density at radius 1 is 0.921 bits per heavy atom. The van der Waals surface area contributed by atoms with Gasteiger partial charge in [0.25, 0.3) is 0 Å². The molecular formula is C26H31F4NO7. The average Bonchev–Trinajstić information content (AvgIpc) is 2.87. The summed E-state index contributed by atoms with van der Waals surface area (Å²) in [4.78, 5) is 24.6. The number of carboxylic acid groups (broad SMARTS) is 1. The van der Waals surface area contributed by atoms with Crippen LogP contribution in [0.4, 0.5) is 22.4 Å². The first-order valence-electron chi connectivity index (χ1n) is 12.0. The molecule has 0 aromatic heterocycles. The molecule has 0 heterocycles. The molecule has 12 heteroatoms. The first kappa shape index (κ1) is 30.7. The summed E-state index contributed by atoms with van der Waals surface area (Å²) in [5.74, 6) is -0.541. The molecule has 0 saturated carbocycles. The smallest absolute Gasteiger partial charge is 0.422 e. The molecule has 0 aliphatic heterocycles. The number of amides is 1. The average molecular weight is 546 g/mol. The number of alkyl halides is 3. The standard InChI is InChI=1S/C26H31F4NO7/c1-2-35-23(24(32)33)17-19-5-9-21(10-6-19)37-16-14-31(25(34)38-18-26(28,29)30)13-3-4-15-36-22-11-7-20(27)8-12-22/h5-12,23H,2-4,13-18H2,1H3,(H,32,33). The number of carboxylic acids is 1. The number of rotatable bonds is 16. The molecule has 0 radical (unpaired) electrons. The molecule has 0 saturated heterocycles. The summed E-state index contributed by atoms with van der Waals surface area (Å²) in [6, 6.07) is 12.1. The molecule has 0 spiro atoms. The fourth-order valence-corrected chi connectivity index (χ4v) is 3.28. The number of hydrogen-bond acceptors (Lipinski definition) is 6. The number of aliphatic carboxylic acids is 1. The zero-order chi connectivity index (χ0) is 28.0. The van der Waals surface area contributed by atoms with E-state index in [-0.39, 0.29) is 39.3 Å². The molecule has 1 unspecified atom stereocenters. The van der Waals surface area contributed by atoms with Gasteiger partial charge in [0, 0.05) is 19.6 Å². The van der Waals surface area contributed by atoms with Gasteiger partial charge in [0.1, 0.15) is 23.9 Å². The third kappa shape index (κ3) is 12.1. The lowest BCUT2D eigenvalue weighted by Gasteiger charge is -2.22. The lowest BCUT2D eigenvalue weighted by Crippen LogP contribution is -2.37. The maximum absolute atomic E-state index is 12.9. The van der Waals surface area contributed by atoms with E-state index in [9.17, 15) is 32.3 Å². The maximum Gasteiger partial charge on any atom is 0.422 e. The number of carbonyl (C=O) groups excluding carboxylic acids is 1. The number of benzene rings is 2. The van der Waals surface area contributed by atoms with Crippen LogP contribution in [0.3, 0.4) is 0 Å². The van der Waals surface area contributed by atoms with Gasteiger partial charge in [-0.25, -0.2) is 14.0 Å². The van der Waals surface area contributed by atoms with Crippen molar-refractivity contribution in [3.8, 4) is 11.5 Å². The molecule has 8 nitrogen and oxygen atoms in total. The van der Waals surface area contributed by atoms with Gasteiger partial charge < -0.3 is 29.0 Å². The summed E-state index contributed by atoms with van der Waals surface area (Å²) in [6.07, 6.45) is -5.65. The van der Waals surface area contributed by atoms with E-state index in [0.717, 1.165) is 10.5 Å². The molecule has 2 rings (SSSR count). The normalized spacial score (nSPS) is 12.0. The van der Waals surface area contributed by atoms with Gasteiger partial charge in [-0.1, -0.05) is 12.1 Å². The van der Waals surface area contributed by atoms with Crippen LogP contribution in [-0.2, 0) is 20.7 Å².